The van der Waals surface area contributed by atoms with Crippen LogP contribution in [0.5, 0.6) is 5.75 Å². The second kappa shape index (κ2) is 8.85. The van der Waals surface area contributed by atoms with Crippen LogP contribution in [0.15, 0.2) is 54.6 Å². The third-order valence-corrected chi connectivity index (χ3v) is 7.01. The van der Waals surface area contributed by atoms with Crippen LogP contribution in [0.1, 0.15) is 50.0 Å². The van der Waals surface area contributed by atoms with Crippen LogP contribution in [0.3, 0.4) is 0 Å². The monoisotopic (exact) mass is 433 g/mol. The molecule has 1 saturated carbocycles. The van der Waals surface area contributed by atoms with Gasteiger partial charge in [-0.05, 0) is 48.9 Å². The Balaban J connectivity index is 1.23. The molecule has 0 radical (unpaired) electrons. The number of hydrogen-bond donors (Lipinski definition) is 2. The number of nitrogens with zero attached hydrogens (tertiary/aromatic N) is 1. The summed E-state index contributed by atoms with van der Waals surface area (Å²) in [5, 5.41) is 6.09. The van der Waals surface area contributed by atoms with Crippen molar-refractivity contribution in [1.29, 1.82) is 0 Å². The van der Waals surface area contributed by atoms with E-state index < -0.39 is 0 Å². The predicted molar refractivity (Wildman–Crippen MR) is 124 cm³/mol. The van der Waals surface area contributed by atoms with Gasteiger partial charge in [-0.15, -0.1) is 0 Å². The highest BCUT2D eigenvalue weighted by Gasteiger charge is 2.44. The first-order valence-corrected chi connectivity index (χ1v) is 11.8. The molecule has 3 aliphatic rings. The van der Waals surface area contributed by atoms with Crippen LogP contribution in [-0.2, 0) is 4.79 Å². The molecule has 32 heavy (non-hydrogen) atoms. The Morgan fingerprint density at radius 2 is 1.72 bits per heavy atom. The van der Waals surface area contributed by atoms with E-state index in [0.29, 0.717) is 25.4 Å². The third kappa shape index (κ3) is 4.74. The fraction of sp³-hybridized carbons (Fsp3) is 0.462. The Kier molecular flexibility index (Phi) is 5.77. The first-order chi connectivity index (χ1) is 15.6. The highest BCUT2D eigenvalue weighted by Crippen LogP contribution is 2.46. The topological polar surface area (TPSA) is 70.7 Å². The van der Waals surface area contributed by atoms with Crippen molar-refractivity contribution in [2.75, 3.05) is 25.0 Å². The van der Waals surface area contributed by atoms with Gasteiger partial charge in [0.25, 0.3) is 0 Å². The van der Waals surface area contributed by atoms with E-state index >= 15 is 0 Å². The molecule has 0 unspecified atom stereocenters. The van der Waals surface area contributed by atoms with Crippen molar-refractivity contribution in [3.63, 3.8) is 0 Å². The summed E-state index contributed by atoms with van der Waals surface area (Å²) in [5.74, 6) is 1.84. The van der Waals surface area contributed by atoms with Crippen molar-refractivity contribution in [2.45, 2.75) is 50.0 Å². The molecule has 0 bridgehead atoms. The average molecular weight is 434 g/mol. The van der Waals surface area contributed by atoms with Gasteiger partial charge in [0.05, 0.1) is 0 Å². The Labute approximate surface area is 189 Å². The molecule has 2 aromatic carbocycles. The van der Waals surface area contributed by atoms with Crippen LogP contribution in [0.25, 0.3) is 0 Å². The lowest BCUT2D eigenvalue weighted by Gasteiger charge is -2.46. The number of anilines is 1. The van der Waals surface area contributed by atoms with Crippen LogP contribution >= 0.6 is 0 Å². The highest BCUT2D eigenvalue weighted by molar-refractivity contribution is 5.89. The van der Waals surface area contributed by atoms with Gasteiger partial charge < -0.3 is 20.3 Å². The van der Waals surface area contributed by atoms with Gasteiger partial charge in [-0.25, -0.2) is 4.79 Å². The van der Waals surface area contributed by atoms with Crippen molar-refractivity contribution >= 4 is 17.6 Å². The number of amides is 3. The van der Waals surface area contributed by atoms with E-state index in [1.807, 2.05) is 53.4 Å². The predicted octanol–water partition coefficient (Wildman–Crippen LogP) is 4.54. The second-order valence-electron chi connectivity index (χ2n) is 9.46. The van der Waals surface area contributed by atoms with Gasteiger partial charge in [0, 0.05) is 50.5 Å². The third-order valence-electron chi connectivity index (χ3n) is 7.01. The summed E-state index contributed by atoms with van der Waals surface area (Å²) in [4.78, 5) is 27.2. The molecule has 2 fully saturated rings. The number of likely N-dealkylation sites (tertiary alicyclic amines) is 1. The van der Waals surface area contributed by atoms with Gasteiger partial charge in [0.2, 0.25) is 5.91 Å². The number of urea groups is 1. The Bertz CT molecular complexity index is 965. The molecule has 168 valence electrons. The second-order valence-corrected chi connectivity index (χ2v) is 9.46. The number of carbonyl (C=O) groups is 2. The molecule has 1 spiro atoms. The molecule has 3 amide bonds. The van der Waals surface area contributed by atoms with Crippen molar-refractivity contribution in [3.8, 4) is 5.75 Å². The minimum absolute atomic E-state index is 0.0711. The summed E-state index contributed by atoms with van der Waals surface area (Å²) in [6.45, 7) is 2.09. The summed E-state index contributed by atoms with van der Waals surface area (Å²) >= 11 is 0. The lowest BCUT2D eigenvalue weighted by molar-refractivity contribution is -0.122. The van der Waals surface area contributed by atoms with Crippen molar-refractivity contribution in [3.05, 3.63) is 60.2 Å². The summed E-state index contributed by atoms with van der Waals surface area (Å²) < 4.78 is 6.54. The van der Waals surface area contributed by atoms with Crippen molar-refractivity contribution < 1.29 is 14.3 Å². The largest absolute Gasteiger partial charge is 0.487 e. The van der Waals surface area contributed by atoms with Crippen LogP contribution in [0.2, 0.25) is 0 Å². The smallest absolute Gasteiger partial charge is 0.321 e. The van der Waals surface area contributed by atoms with Gasteiger partial charge in [0.1, 0.15) is 11.4 Å². The number of hydrogen-bond acceptors (Lipinski definition) is 3. The number of rotatable bonds is 5. The zero-order valence-electron chi connectivity index (χ0n) is 18.4. The van der Waals surface area contributed by atoms with Crippen LogP contribution in [0, 0.1) is 5.92 Å². The molecule has 6 heteroatoms. The molecule has 0 aromatic heterocycles. The molecule has 1 aliphatic carbocycles. The maximum atomic E-state index is 12.7. The number of fused-ring (bicyclic) bond motifs is 1. The van der Waals surface area contributed by atoms with E-state index in [1.54, 1.807) is 0 Å². The fourth-order valence-electron chi connectivity index (χ4n) is 4.95. The average Bonchev–Trinajstić information content (AvgIpc) is 3.63. The first-order valence-electron chi connectivity index (χ1n) is 11.8. The number of para-hydroxylation sites is 2. The van der Waals surface area contributed by atoms with Gasteiger partial charge in [0.15, 0.2) is 0 Å². The van der Waals surface area contributed by atoms with Gasteiger partial charge >= 0.3 is 6.03 Å². The zero-order valence-corrected chi connectivity index (χ0v) is 18.4. The van der Waals surface area contributed by atoms with E-state index in [0.717, 1.165) is 42.8 Å². The van der Waals surface area contributed by atoms with E-state index in [4.69, 9.17) is 4.74 Å². The van der Waals surface area contributed by atoms with Crippen LogP contribution in [-0.4, -0.2) is 42.1 Å². The van der Waals surface area contributed by atoms with Crippen LogP contribution in [0.4, 0.5) is 10.5 Å². The minimum atomic E-state index is -0.320. The number of benzene rings is 2. The summed E-state index contributed by atoms with van der Waals surface area (Å²) in [6, 6.07) is 17.6. The van der Waals surface area contributed by atoms with Gasteiger partial charge in [-0.1, -0.05) is 36.4 Å². The normalized spacial score (nSPS) is 21.4. The standard InChI is InChI=1S/C26H31N3O3/c30-24(27-18-19-10-11-19)16-20-17-26(32-23-9-5-4-8-22(20)23)12-14-29(15-13-26)25(31)28-21-6-2-1-3-7-21/h1-9,19-20H,10-18H2,(H,27,30)(H,28,31)/t20-/m1/s1. The Morgan fingerprint density at radius 1 is 1.00 bits per heavy atom. The molecule has 2 N–H and O–H groups in total. The minimum Gasteiger partial charge on any atom is -0.487 e. The number of ether oxygens (including phenoxy) is 1. The van der Waals surface area contributed by atoms with E-state index in [1.165, 1.54) is 12.8 Å². The van der Waals surface area contributed by atoms with Gasteiger partial charge in [-0.2, -0.15) is 0 Å². The van der Waals surface area contributed by atoms with E-state index in [2.05, 4.69) is 16.7 Å². The van der Waals surface area contributed by atoms with Crippen molar-refractivity contribution in [1.82, 2.24) is 10.2 Å². The summed E-state index contributed by atoms with van der Waals surface area (Å²) in [5.41, 5.74) is 1.61. The highest BCUT2D eigenvalue weighted by atomic mass is 16.5. The molecule has 6 nitrogen and oxygen atoms in total. The molecular formula is C26H31N3O3. The Hall–Kier alpha value is -3.02. The maximum Gasteiger partial charge on any atom is 0.321 e. The lowest BCUT2D eigenvalue weighted by Crippen LogP contribution is -2.52. The van der Waals surface area contributed by atoms with Crippen molar-refractivity contribution in [2.24, 2.45) is 5.92 Å². The lowest BCUT2D eigenvalue weighted by atomic mass is 9.76. The number of nitrogens with one attached hydrogen (secondary N) is 2. The molecule has 1 saturated heterocycles. The first kappa shape index (κ1) is 20.9. The quantitative estimate of drug-likeness (QED) is 0.728. The molecule has 2 aliphatic heterocycles. The molecular weight excluding hydrogens is 402 g/mol. The fourth-order valence-corrected chi connectivity index (χ4v) is 4.95. The zero-order chi connectivity index (χ0) is 22.0. The van der Waals surface area contributed by atoms with Crippen LogP contribution < -0.4 is 15.4 Å². The SMILES string of the molecule is O=C(C[C@@H]1CC2(CCN(C(=O)Nc3ccccc3)CC2)Oc2ccccc21)NCC1CC1. The molecule has 5 rings (SSSR count). The van der Waals surface area contributed by atoms with E-state index in [-0.39, 0.29) is 23.5 Å². The number of piperidine rings is 1. The maximum absolute atomic E-state index is 12.7. The molecule has 2 heterocycles. The number of carbonyl (C=O) groups excluding carboxylic acids is 2. The summed E-state index contributed by atoms with van der Waals surface area (Å²) in [6.07, 6.45) is 5.31. The molecule has 2 aromatic rings. The summed E-state index contributed by atoms with van der Waals surface area (Å²) in [7, 11) is 0. The van der Waals surface area contributed by atoms with E-state index in [9.17, 15) is 9.59 Å². The van der Waals surface area contributed by atoms with Gasteiger partial charge in [-0.3, -0.25) is 4.79 Å². The molecule has 1 atom stereocenters. The Morgan fingerprint density at radius 3 is 2.47 bits per heavy atom.